The lowest BCUT2D eigenvalue weighted by Crippen LogP contribution is -1.95. The summed E-state index contributed by atoms with van der Waals surface area (Å²) in [5.41, 5.74) is 7.06. The first kappa shape index (κ1) is 6.41. The van der Waals surface area contributed by atoms with Crippen molar-refractivity contribution in [2.45, 2.75) is 0 Å². The number of aromatic nitrogens is 5. The summed E-state index contributed by atoms with van der Waals surface area (Å²) in [4.78, 5) is 11.1. The van der Waals surface area contributed by atoms with Gasteiger partial charge in [-0.3, -0.25) is 5.10 Å². The van der Waals surface area contributed by atoms with Gasteiger partial charge in [-0.2, -0.15) is 5.10 Å². The van der Waals surface area contributed by atoms with E-state index in [1.807, 2.05) is 0 Å². The van der Waals surface area contributed by atoms with E-state index in [1.165, 1.54) is 0 Å². The van der Waals surface area contributed by atoms with Crippen LogP contribution in [0.5, 0.6) is 0 Å². The molecule has 0 saturated carbocycles. The molecule has 0 amide bonds. The molecular weight excluding hydrogens is 168 g/mol. The molecule has 13 heavy (non-hydrogen) atoms. The first-order valence-electron chi connectivity index (χ1n) is 3.78. The van der Waals surface area contributed by atoms with Crippen molar-refractivity contribution in [1.29, 1.82) is 0 Å². The predicted octanol–water partition coefficient (Wildman–Crippen LogP) is 0.416. The molecular formula is C7H6N6. The number of nitrogens with zero attached hydrogens (tertiary/aromatic N) is 3. The first-order valence-corrected chi connectivity index (χ1v) is 3.78. The van der Waals surface area contributed by atoms with E-state index in [0.717, 1.165) is 10.8 Å². The number of nitrogen functional groups attached to an aromatic ring is 1. The van der Waals surface area contributed by atoms with Crippen molar-refractivity contribution in [3.8, 4) is 0 Å². The van der Waals surface area contributed by atoms with E-state index in [0.29, 0.717) is 17.1 Å². The zero-order valence-electron chi connectivity index (χ0n) is 6.57. The lowest BCUT2D eigenvalue weighted by atomic mass is 10.3. The van der Waals surface area contributed by atoms with Gasteiger partial charge in [0.25, 0.3) is 0 Å². The summed E-state index contributed by atoms with van der Waals surface area (Å²) in [6, 6.07) is 0. The van der Waals surface area contributed by atoms with Crippen LogP contribution in [-0.4, -0.2) is 25.1 Å². The molecule has 0 aliphatic rings. The Morgan fingerprint density at radius 1 is 1.31 bits per heavy atom. The number of nitrogens with two attached hydrogens (primary N) is 1. The van der Waals surface area contributed by atoms with Crippen molar-refractivity contribution in [3.63, 3.8) is 0 Å². The Morgan fingerprint density at radius 3 is 3.15 bits per heavy atom. The average Bonchev–Trinajstić information content (AvgIpc) is 2.57. The molecule has 64 valence electrons. The summed E-state index contributed by atoms with van der Waals surface area (Å²) < 4.78 is 0. The van der Waals surface area contributed by atoms with E-state index in [4.69, 9.17) is 5.73 Å². The Morgan fingerprint density at radius 2 is 2.23 bits per heavy atom. The number of anilines is 1. The van der Waals surface area contributed by atoms with Crippen LogP contribution >= 0.6 is 0 Å². The number of hydrogen-bond donors (Lipinski definition) is 3. The standard InChI is InChI=1S/C7H6N6/c8-5-3-1-9-6-4(3)7(13-12-5)11-2-10-6/h1-2,12H,8H2,(H,10,11,13). The number of aromatic amines is 2. The van der Waals surface area contributed by atoms with Crippen molar-refractivity contribution in [2.24, 2.45) is 0 Å². The van der Waals surface area contributed by atoms with Crippen LogP contribution in [-0.2, 0) is 0 Å². The molecule has 0 aromatic carbocycles. The van der Waals surface area contributed by atoms with Crippen molar-refractivity contribution < 1.29 is 0 Å². The molecule has 0 radical (unpaired) electrons. The average molecular weight is 174 g/mol. The fourth-order valence-electron chi connectivity index (χ4n) is 1.40. The molecule has 0 atom stereocenters. The van der Waals surface area contributed by atoms with Crippen LogP contribution in [0.25, 0.3) is 22.1 Å². The molecule has 0 bridgehead atoms. The molecule has 3 heterocycles. The van der Waals surface area contributed by atoms with E-state index in [9.17, 15) is 0 Å². The topological polar surface area (TPSA) is 96.3 Å². The smallest absolute Gasteiger partial charge is 0.165 e. The highest BCUT2D eigenvalue weighted by atomic mass is 15.2. The maximum absolute atomic E-state index is 5.68. The van der Waals surface area contributed by atoms with Gasteiger partial charge in [0.15, 0.2) is 11.3 Å². The van der Waals surface area contributed by atoms with Gasteiger partial charge in [-0.1, -0.05) is 0 Å². The zero-order chi connectivity index (χ0) is 8.84. The van der Waals surface area contributed by atoms with Crippen LogP contribution in [0.3, 0.4) is 0 Å². The molecule has 0 spiro atoms. The van der Waals surface area contributed by atoms with Crippen molar-refractivity contribution in [3.05, 3.63) is 12.5 Å². The third-order valence-corrected chi connectivity index (χ3v) is 2.01. The zero-order valence-corrected chi connectivity index (χ0v) is 6.57. The highest BCUT2D eigenvalue weighted by Gasteiger charge is 2.09. The highest BCUT2D eigenvalue weighted by Crippen LogP contribution is 2.23. The molecule has 3 aromatic rings. The monoisotopic (exact) mass is 174 g/mol. The molecule has 0 aliphatic carbocycles. The maximum atomic E-state index is 5.68. The van der Waals surface area contributed by atoms with Gasteiger partial charge < -0.3 is 10.7 Å². The molecule has 3 aromatic heterocycles. The Hall–Kier alpha value is -2.11. The molecule has 6 heteroatoms. The summed E-state index contributed by atoms with van der Waals surface area (Å²) in [7, 11) is 0. The molecule has 6 nitrogen and oxygen atoms in total. The van der Waals surface area contributed by atoms with Crippen molar-refractivity contribution in [1.82, 2.24) is 25.1 Å². The number of hydrogen-bond acceptors (Lipinski definition) is 4. The van der Waals surface area contributed by atoms with Gasteiger partial charge in [-0.15, -0.1) is 0 Å². The van der Waals surface area contributed by atoms with E-state index >= 15 is 0 Å². The van der Waals surface area contributed by atoms with Gasteiger partial charge in [0, 0.05) is 11.6 Å². The molecule has 3 rings (SSSR count). The van der Waals surface area contributed by atoms with Crippen molar-refractivity contribution in [2.75, 3.05) is 5.73 Å². The lowest BCUT2D eigenvalue weighted by Gasteiger charge is -1.98. The van der Waals surface area contributed by atoms with Gasteiger partial charge in [0.2, 0.25) is 0 Å². The second kappa shape index (κ2) is 1.98. The second-order valence-corrected chi connectivity index (χ2v) is 2.76. The summed E-state index contributed by atoms with van der Waals surface area (Å²) in [5.74, 6) is 0.511. The van der Waals surface area contributed by atoms with Crippen molar-refractivity contribution >= 4 is 27.9 Å². The molecule has 0 fully saturated rings. The van der Waals surface area contributed by atoms with Crippen LogP contribution in [0.15, 0.2) is 12.5 Å². The number of nitrogens with one attached hydrogen (secondary N) is 2. The molecule has 0 aliphatic heterocycles. The van der Waals surface area contributed by atoms with Crippen LogP contribution in [0.1, 0.15) is 0 Å². The van der Waals surface area contributed by atoms with Gasteiger partial charge in [0.1, 0.15) is 5.82 Å². The largest absolute Gasteiger partial charge is 0.384 e. The Labute approximate surface area is 72.2 Å². The van der Waals surface area contributed by atoms with E-state index < -0.39 is 0 Å². The minimum Gasteiger partial charge on any atom is -0.384 e. The molecule has 0 unspecified atom stereocenters. The summed E-state index contributed by atoms with van der Waals surface area (Å²) in [6.45, 7) is 0. The highest BCUT2D eigenvalue weighted by molar-refractivity contribution is 6.07. The van der Waals surface area contributed by atoms with Gasteiger partial charge in [0.05, 0.1) is 11.7 Å². The summed E-state index contributed by atoms with van der Waals surface area (Å²) in [5, 5.41) is 8.45. The van der Waals surface area contributed by atoms with Gasteiger partial charge >= 0.3 is 0 Å². The van der Waals surface area contributed by atoms with Gasteiger partial charge in [-0.05, 0) is 0 Å². The SMILES string of the molecule is Nc1[nH]nc2[nH]cnc3ncc1c32. The fraction of sp³-hybridized carbons (Fsp3) is 0. The summed E-state index contributed by atoms with van der Waals surface area (Å²) in [6.07, 6.45) is 3.24. The number of rotatable bonds is 0. The Balaban J connectivity index is 2.73. The van der Waals surface area contributed by atoms with E-state index in [-0.39, 0.29) is 0 Å². The minimum atomic E-state index is 0.511. The molecule has 0 saturated heterocycles. The van der Waals surface area contributed by atoms with E-state index in [1.54, 1.807) is 12.5 Å². The first-order chi connectivity index (χ1) is 6.36. The number of H-pyrrole nitrogens is 2. The normalized spacial score (nSPS) is 11.4. The predicted molar refractivity (Wildman–Crippen MR) is 48.0 cm³/mol. The summed E-state index contributed by atoms with van der Waals surface area (Å²) >= 11 is 0. The van der Waals surface area contributed by atoms with Crippen LogP contribution < -0.4 is 5.73 Å². The Kier molecular flexibility index (Phi) is 0.974. The van der Waals surface area contributed by atoms with Gasteiger partial charge in [-0.25, -0.2) is 9.97 Å². The van der Waals surface area contributed by atoms with Crippen LogP contribution in [0, 0.1) is 0 Å². The third-order valence-electron chi connectivity index (χ3n) is 2.01. The quantitative estimate of drug-likeness (QED) is 0.460. The Bertz CT molecular complexity index is 577. The maximum Gasteiger partial charge on any atom is 0.165 e. The van der Waals surface area contributed by atoms with Crippen LogP contribution in [0.2, 0.25) is 0 Å². The fourth-order valence-corrected chi connectivity index (χ4v) is 1.40. The third kappa shape index (κ3) is 0.689. The molecule has 4 N–H and O–H groups in total. The second-order valence-electron chi connectivity index (χ2n) is 2.76. The van der Waals surface area contributed by atoms with Crippen LogP contribution in [0.4, 0.5) is 5.82 Å². The minimum absolute atomic E-state index is 0.511. The van der Waals surface area contributed by atoms with E-state index in [2.05, 4.69) is 25.1 Å². The lowest BCUT2D eigenvalue weighted by molar-refractivity contribution is 1.06.